The van der Waals surface area contributed by atoms with Crippen LogP contribution in [0, 0.1) is 5.92 Å². The number of nitrogens with zero attached hydrogens (tertiary/aromatic N) is 3. The highest BCUT2D eigenvalue weighted by Gasteiger charge is 2.27. The van der Waals surface area contributed by atoms with E-state index in [4.69, 9.17) is 0 Å². The third kappa shape index (κ3) is 1.84. The van der Waals surface area contributed by atoms with Gasteiger partial charge in [-0.1, -0.05) is 6.92 Å². The number of hydrogen-bond acceptors (Lipinski definition) is 4. The Bertz CT molecular complexity index is 560. The van der Waals surface area contributed by atoms with E-state index in [9.17, 15) is 0 Å². The molecule has 1 aliphatic heterocycles. The summed E-state index contributed by atoms with van der Waals surface area (Å²) in [7, 11) is 3.98. The highest BCUT2D eigenvalue weighted by Crippen LogP contribution is 2.27. The van der Waals surface area contributed by atoms with E-state index >= 15 is 0 Å². The predicted octanol–water partition coefficient (Wildman–Crippen LogP) is 1.35. The molecule has 5 heteroatoms. The van der Waals surface area contributed by atoms with Crippen molar-refractivity contribution in [3.05, 3.63) is 18.0 Å². The first-order valence-electron chi connectivity index (χ1n) is 6.40. The highest BCUT2D eigenvalue weighted by atomic mass is 15.2. The van der Waals surface area contributed by atoms with Crippen molar-refractivity contribution in [2.75, 3.05) is 32.1 Å². The Kier molecular flexibility index (Phi) is 2.70. The fourth-order valence-corrected chi connectivity index (χ4v) is 2.50. The molecule has 5 nitrogen and oxygen atoms in total. The van der Waals surface area contributed by atoms with E-state index in [2.05, 4.69) is 33.3 Å². The average molecular weight is 245 g/mol. The van der Waals surface area contributed by atoms with Crippen LogP contribution in [0.25, 0.3) is 11.2 Å². The van der Waals surface area contributed by atoms with Gasteiger partial charge in [-0.15, -0.1) is 0 Å². The lowest BCUT2D eigenvalue weighted by atomic mass is 9.98. The number of aromatic nitrogens is 3. The number of fused-ring (bicyclic) bond motifs is 1. The molecule has 0 unspecified atom stereocenters. The van der Waals surface area contributed by atoms with Gasteiger partial charge in [0.05, 0.1) is 5.52 Å². The lowest BCUT2D eigenvalue weighted by Crippen LogP contribution is -2.10. The molecule has 2 atom stereocenters. The second kappa shape index (κ2) is 4.24. The Labute approximate surface area is 107 Å². The summed E-state index contributed by atoms with van der Waals surface area (Å²) in [5, 5.41) is 3.41. The molecule has 1 aliphatic rings. The third-order valence-electron chi connectivity index (χ3n) is 3.68. The Morgan fingerprint density at radius 2 is 2.06 bits per heavy atom. The minimum atomic E-state index is 0.474. The molecule has 2 aromatic heterocycles. The number of aromatic amines is 1. The largest absolute Gasteiger partial charge is 0.363 e. The van der Waals surface area contributed by atoms with Crippen molar-refractivity contribution >= 4 is 17.0 Å². The van der Waals surface area contributed by atoms with E-state index in [0.717, 1.165) is 35.9 Å². The average Bonchev–Trinajstić information content (AvgIpc) is 2.92. The zero-order valence-electron chi connectivity index (χ0n) is 11.1. The Morgan fingerprint density at radius 1 is 1.22 bits per heavy atom. The standard InChI is InChI=1S/C13H19N5/c1-8-6-14-7-9(8)12-15-10-4-5-11(18(2)3)16-13(10)17-12/h4-5,8-9,14H,6-7H2,1-3H3,(H,15,16,17)/t8-,9-/m1/s1. The van der Waals surface area contributed by atoms with Gasteiger partial charge in [-0.25, -0.2) is 9.97 Å². The molecule has 0 aromatic carbocycles. The van der Waals surface area contributed by atoms with Gasteiger partial charge in [0, 0.05) is 26.6 Å². The molecule has 0 amide bonds. The topological polar surface area (TPSA) is 56.8 Å². The number of H-pyrrole nitrogens is 1. The van der Waals surface area contributed by atoms with Crippen LogP contribution in [0.2, 0.25) is 0 Å². The monoisotopic (exact) mass is 245 g/mol. The minimum Gasteiger partial charge on any atom is -0.363 e. The number of rotatable bonds is 2. The molecule has 2 aromatic rings. The van der Waals surface area contributed by atoms with E-state index in [-0.39, 0.29) is 0 Å². The van der Waals surface area contributed by atoms with Crippen molar-refractivity contribution in [3.63, 3.8) is 0 Å². The van der Waals surface area contributed by atoms with Gasteiger partial charge in [0.2, 0.25) is 0 Å². The van der Waals surface area contributed by atoms with Gasteiger partial charge >= 0.3 is 0 Å². The summed E-state index contributed by atoms with van der Waals surface area (Å²) < 4.78 is 0. The first-order valence-corrected chi connectivity index (χ1v) is 6.40. The molecular formula is C13H19N5. The fourth-order valence-electron chi connectivity index (χ4n) is 2.50. The van der Waals surface area contributed by atoms with Gasteiger partial charge in [-0.3, -0.25) is 0 Å². The van der Waals surface area contributed by atoms with Crippen LogP contribution in [0.3, 0.4) is 0 Å². The van der Waals surface area contributed by atoms with Crippen LogP contribution >= 0.6 is 0 Å². The molecule has 0 radical (unpaired) electrons. The molecular weight excluding hydrogens is 226 g/mol. The van der Waals surface area contributed by atoms with Crippen molar-refractivity contribution in [2.45, 2.75) is 12.8 Å². The summed E-state index contributed by atoms with van der Waals surface area (Å²) >= 11 is 0. The van der Waals surface area contributed by atoms with E-state index in [0.29, 0.717) is 11.8 Å². The number of pyridine rings is 1. The normalized spacial score (nSPS) is 23.7. The van der Waals surface area contributed by atoms with Crippen molar-refractivity contribution in [2.24, 2.45) is 5.92 Å². The molecule has 3 rings (SSSR count). The molecule has 0 saturated carbocycles. The summed E-state index contributed by atoms with van der Waals surface area (Å²) in [6.07, 6.45) is 0. The summed E-state index contributed by atoms with van der Waals surface area (Å²) in [5.74, 6) is 3.10. The molecule has 3 heterocycles. The Morgan fingerprint density at radius 3 is 2.72 bits per heavy atom. The number of anilines is 1. The summed E-state index contributed by atoms with van der Waals surface area (Å²) in [5.41, 5.74) is 1.84. The van der Waals surface area contributed by atoms with E-state index in [1.54, 1.807) is 0 Å². The maximum Gasteiger partial charge on any atom is 0.179 e. The van der Waals surface area contributed by atoms with Crippen molar-refractivity contribution in [1.29, 1.82) is 0 Å². The van der Waals surface area contributed by atoms with E-state index in [1.165, 1.54) is 0 Å². The van der Waals surface area contributed by atoms with Crippen molar-refractivity contribution in [1.82, 2.24) is 20.3 Å². The number of nitrogens with one attached hydrogen (secondary N) is 2. The highest BCUT2D eigenvalue weighted by molar-refractivity contribution is 5.73. The number of hydrogen-bond donors (Lipinski definition) is 2. The maximum absolute atomic E-state index is 4.65. The van der Waals surface area contributed by atoms with Gasteiger partial charge in [0.1, 0.15) is 11.6 Å². The zero-order valence-corrected chi connectivity index (χ0v) is 11.1. The zero-order chi connectivity index (χ0) is 12.7. The van der Waals surface area contributed by atoms with Crippen LogP contribution in [0.1, 0.15) is 18.7 Å². The summed E-state index contributed by atoms with van der Waals surface area (Å²) in [6.45, 7) is 4.33. The molecule has 18 heavy (non-hydrogen) atoms. The van der Waals surface area contributed by atoms with Gasteiger partial charge in [0.25, 0.3) is 0 Å². The van der Waals surface area contributed by atoms with Crippen LogP contribution < -0.4 is 10.2 Å². The SMILES string of the molecule is C[C@@H]1CNC[C@H]1c1nc2nc(N(C)C)ccc2[nH]1. The molecule has 96 valence electrons. The fraction of sp³-hybridized carbons (Fsp3) is 0.538. The van der Waals surface area contributed by atoms with Crippen molar-refractivity contribution in [3.8, 4) is 0 Å². The summed E-state index contributed by atoms with van der Waals surface area (Å²) in [6, 6.07) is 4.07. The lowest BCUT2D eigenvalue weighted by Gasteiger charge is -2.09. The smallest absolute Gasteiger partial charge is 0.179 e. The van der Waals surface area contributed by atoms with E-state index < -0.39 is 0 Å². The number of imidazole rings is 1. The van der Waals surface area contributed by atoms with Crippen LogP contribution in [0.5, 0.6) is 0 Å². The maximum atomic E-state index is 4.65. The second-order valence-corrected chi connectivity index (χ2v) is 5.30. The van der Waals surface area contributed by atoms with Gasteiger partial charge in [0.15, 0.2) is 5.65 Å². The first-order chi connectivity index (χ1) is 8.65. The van der Waals surface area contributed by atoms with Gasteiger partial charge < -0.3 is 15.2 Å². The lowest BCUT2D eigenvalue weighted by molar-refractivity contribution is 0.551. The predicted molar refractivity (Wildman–Crippen MR) is 73.0 cm³/mol. The Hall–Kier alpha value is -1.62. The molecule has 0 aliphatic carbocycles. The van der Waals surface area contributed by atoms with Gasteiger partial charge in [-0.2, -0.15) is 0 Å². The van der Waals surface area contributed by atoms with Gasteiger partial charge in [-0.05, 0) is 24.6 Å². The van der Waals surface area contributed by atoms with Crippen LogP contribution in [-0.4, -0.2) is 42.1 Å². The molecule has 0 bridgehead atoms. The first kappa shape index (κ1) is 11.5. The molecule has 1 saturated heterocycles. The quantitative estimate of drug-likeness (QED) is 0.838. The van der Waals surface area contributed by atoms with Crippen LogP contribution in [0.15, 0.2) is 12.1 Å². The Balaban J connectivity index is 2.00. The summed E-state index contributed by atoms with van der Waals surface area (Å²) in [4.78, 5) is 14.6. The van der Waals surface area contributed by atoms with Crippen LogP contribution in [-0.2, 0) is 0 Å². The third-order valence-corrected chi connectivity index (χ3v) is 3.68. The van der Waals surface area contributed by atoms with E-state index in [1.807, 2.05) is 25.1 Å². The molecule has 1 fully saturated rings. The molecule has 0 spiro atoms. The second-order valence-electron chi connectivity index (χ2n) is 5.30. The minimum absolute atomic E-state index is 0.474. The molecule has 2 N–H and O–H groups in total. The van der Waals surface area contributed by atoms with Crippen LogP contribution in [0.4, 0.5) is 5.82 Å². The van der Waals surface area contributed by atoms with Crippen molar-refractivity contribution < 1.29 is 0 Å².